The first-order valence-corrected chi connectivity index (χ1v) is 6.74. The molecule has 0 saturated carbocycles. The summed E-state index contributed by atoms with van der Waals surface area (Å²) < 4.78 is 5.41. The molecule has 100 valence electrons. The van der Waals surface area contributed by atoms with Gasteiger partial charge in [0.1, 0.15) is 0 Å². The Kier molecular flexibility index (Phi) is 2.90. The molecule has 3 rings (SSSR count). The quantitative estimate of drug-likeness (QED) is 0.917. The highest BCUT2D eigenvalue weighted by molar-refractivity contribution is 5.38. The van der Waals surface area contributed by atoms with Crippen LogP contribution in [-0.2, 0) is 11.8 Å². The van der Waals surface area contributed by atoms with Gasteiger partial charge in [-0.15, -0.1) is 0 Å². The van der Waals surface area contributed by atoms with Crippen molar-refractivity contribution in [3.8, 4) is 0 Å². The van der Waals surface area contributed by atoms with Crippen molar-refractivity contribution < 1.29 is 4.52 Å². The zero-order valence-corrected chi connectivity index (χ0v) is 11.4. The minimum atomic E-state index is -0.261. The third-order valence-electron chi connectivity index (χ3n) is 3.98. The molecule has 0 fully saturated rings. The zero-order chi connectivity index (χ0) is 13.5. The predicted molar refractivity (Wildman–Crippen MR) is 73.0 cm³/mol. The molecule has 0 spiro atoms. The summed E-state index contributed by atoms with van der Waals surface area (Å²) in [6.45, 7) is 4.54. The number of hydrogen-bond acceptors (Lipinski definition) is 4. The standard InChI is InChI=1S/C15H19N3O/c1-15(2,9-16)14-17-13(18-19-14)12-8-7-10-5-3-4-6-11(10)12/h3-6,12H,7-9,16H2,1-2H3. The minimum absolute atomic E-state index is 0.261. The lowest BCUT2D eigenvalue weighted by molar-refractivity contribution is 0.308. The Hall–Kier alpha value is -1.68. The van der Waals surface area contributed by atoms with Crippen LogP contribution in [0.4, 0.5) is 0 Å². The molecule has 4 heteroatoms. The molecule has 1 aromatic carbocycles. The van der Waals surface area contributed by atoms with Crippen molar-refractivity contribution in [3.63, 3.8) is 0 Å². The average Bonchev–Trinajstić information content (AvgIpc) is 3.05. The number of nitrogens with two attached hydrogens (primary N) is 1. The average molecular weight is 257 g/mol. The Labute approximate surface area is 113 Å². The molecular formula is C15H19N3O. The molecule has 1 atom stereocenters. The fraction of sp³-hybridized carbons (Fsp3) is 0.467. The molecule has 1 aromatic heterocycles. The van der Waals surface area contributed by atoms with Gasteiger partial charge < -0.3 is 10.3 Å². The van der Waals surface area contributed by atoms with Crippen LogP contribution in [0.1, 0.15) is 49.0 Å². The van der Waals surface area contributed by atoms with Crippen molar-refractivity contribution in [2.75, 3.05) is 6.54 Å². The highest BCUT2D eigenvalue weighted by Crippen LogP contribution is 2.37. The van der Waals surface area contributed by atoms with Gasteiger partial charge in [-0.05, 0) is 37.8 Å². The third-order valence-corrected chi connectivity index (χ3v) is 3.98. The Morgan fingerprint density at radius 3 is 2.95 bits per heavy atom. The molecule has 1 aliphatic carbocycles. The molecule has 0 bridgehead atoms. The summed E-state index contributed by atoms with van der Waals surface area (Å²) in [4.78, 5) is 4.58. The molecule has 0 radical (unpaired) electrons. The lowest BCUT2D eigenvalue weighted by atomic mass is 9.94. The van der Waals surface area contributed by atoms with E-state index >= 15 is 0 Å². The third kappa shape index (κ3) is 2.06. The number of aromatic nitrogens is 2. The second kappa shape index (κ2) is 4.46. The van der Waals surface area contributed by atoms with Gasteiger partial charge in [0.25, 0.3) is 0 Å². The van der Waals surface area contributed by atoms with Crippen LogP contribution in [0.5, 0.6) is 0 Å². The summed E-state index contributed by atoms with van der Waals surface area (Å²) in [5, 5.41) is 4.17. The largest absolute Gasteiger partial charge is 0.339 e. The van der Waals surface area contributed by atoms with Crippen molar-refractivity contribution in [2.24, 2.45) is 5.73 Å². The summed E-state index contributed by atoms with van der Waals surface area (Å²) >= 11 is 0. The van der Waals surface area contributed by atoms with Crippen LogP contribution in [0.3, 0.4) is 0 Å². The minimum Gasteiger partial charge on any atom is -0.339 e. The monoisotopic (exact) mass is 257 g/mol. The summed E-state index contributed by atoms with van der Waals surface area (Å²) in [7, 11) is 0. The van der Waals surface area contributed by atoms with E-state index in [9.17, 15) is 0 Å². The Morgan fingerprint density at radius 2 is 2.16 bits per heavy atom. The second-order valence-electron chi connectivity index (χ2n) is 5.84. The maximum absolute atomic E-state index is 5.75. The van der Waals surface area contributed by atoms with Crippen LogP contribution >= 0.6 is 0 Å². The van der Waals surface area contributed by atoms with Crippen LogP contribution in [0.25, 0.3) is 0 Å². The number of fused-ring (bicyclic) bond motifs is 1. The summed E-state index contributed by atoms with van der Waals surface area (Å²) in [5.41, 5.74) is 8.22. The van der Waals surface area contributed by atoms with Gasteiger partial charge in [-0.3, -0.25) is 0 Å². The molecule has 0 aliphatic heterocycles. The molecule has 1 heterocycles. The predicted octanol–water partition coefficient (Wildman–Crippen LogP) is 2.38. The van der Waals surface area contributed by atoms with Gasteiger partial charge in [-0.1, -0.05) is 29.4 Å². The lowest BCUT2D eigenvalue weighted by Gasteiger charge is -2.15. The summed E-state index contributed by atoms with van der Waals surface area (Å²) in [6.07, 6.45) is 2.15. The van der Waals surface area contributed by atoms with Crippen LogP contribution in [0, 0.1) is 0 Å². The van der Waals surface area contributed by atoms with Crippen LogP contribution in [0.15, 0.2) is 28.8 Å². The van der Waals surface area contributed by atoms with E-state index in [0.29, 0.717) is 12.4 Å². The van der Waals surface area contributed by atoms with Gasteiger partial charge in [-0.2, -0.15) is 4.98 Å². The maximum atomic E-state index is 5.75. The van der Waals surface area contributed by atoms with Crippen LogP contribution < -0.4 is 5.73 Å². The highest BCUT2D eigenvalue weighted by atomic mass is 16.5. The smallest absolute Gasteiger partial charge is 0.233 e. The van der Waals surface area contributed by atoms with E-state index in [1.807, 2.05) is 13.8 Å². The van der Waals surface area contributed by atoms with Gasteiger partial charge in [-0.25, -0.2) is 0 Å². The van der Waals surface area contributed by atoms with Gasteiger partial charge in [0.2, 0.25) is 5.89 Å². The van der Waals surface area contributed by atoms with Crippen molar-refractivity contribution in [1.82, 2.24) is 10.1 Å². The number of nitrogens with zero attached hydrogens (tertiary/aromatic N) is 2. The van der Waals surface area contributed by atoms with E-state index in [1.165, 1.54) is 11.1 Å². The maximum Gasteiger partial charge on any atom is 0.233 e. The van der Waals surface area contributed by atoms with Crippen molar-refractivity contribution in [1.29, 1.82) is 0 Å². The van der Waals surface area contributed by atoms with Gasteiger partial charge in [0.05, 0.1) is 5.41 Å². The molecular weight excluding hydrogens is 238 g/mol. The van der Waals surface area contributed by atoms with E-state index in [2.05, 4.69) is 34.4 Å². The van der Waals surface area contributed by atoms with E-state index < -0.39 is 0 Å². The molecule has 2 aromatic rings. The van der Waals surface area contributed by atoms with Crippen LogP contribution in [0.2, 0.25) is 0 Å². The fourth-order valence-electron chi connectivity index (χ4n) is 2.56. The molecule has 0 saturated heterocycles. The van der Waals surface area contributed by atoms with Crippen molar-refractivity contribution in [3.05, 3.63) is 47.1 Å². The zero-order valence-electron chi connectivity index (χ0n) is 11.4. The second-order valence-corrected chi connectivity index (χ2v) is 5.84. The molecule has 0 amide bonds. The number of rotatable bonds is 3. The van der Waals surface area contributed by atoms with E-state index in [4.69, 9.17) is 10.3 Å². The van der Waals surface area contributed by atoms with Gasteiger partial charge in [0.15, 0.2) is 5.82 Å². The fourth-order valence-corrected chi connectivity index (χ4v) is 2.56. The highest BCUT2D eigenvalue weighted by Gasteiger charge is 2.31. The normalized spacial score (nSPS) is 18.6. The topological polar surface area (TPSA) is 64.9 Å². The lowest BCUT2D eigenvalue weighted by Crippen LogP contribution is -2.28. The van der Waals surface area contributed by atoms with E-state index in [-0.39, 0.29) is 11.3 Å². The van der Waals surface area contributed by atoms with E-state index in [1.54, 1.807) is 0 Å². The van der Waals surface area contributed by atoms with Crippen LogP contribution in [-0.4, -0.2) is 16.7 Å². The summed E-state index contributed by atoms with van der Waals surface area (Å²) in [5.74, 6) is 1.69. The van der Waals surface area contributed by atoms with Crippen molar-refractivity contribution in [2.45, 2.75) is 38.0 Å². The Morgan fingerprint density at radius 1 is 1.37 bits per heavy atom. The Balaban J connectivity index is 1.93. The summed E-state index contributed by atoms with van der Waals surface area (Å²) in [6, 6.07) is 8.50. The molecule has 19 heavy (non-hydrogen) atoms. The number of aryl methyl sites for hydroxylation is 1. The first-order chi connectivity index (χ1) is 9.12. The molecule has 4 nitrogen and oxygen atoms in total. The molecule has 1 aliphatic rings. The SMILES string of the molecule is CC(C)(CN)c1nc(C2CCc3ccccc32)no1. The van der Waals surface area contributed by atoms with E-state index in [0.717, 1.165) is 18.7 Å². The number of benzene rings is 1. The van der Waals surface area contributed by atoms with Crippen molar-refractivity contribution >= 4 is 0 Å². The first kappa shape index (κ1) is 12.4. The first-order valence-electron chi connectivity index (χ1n) is 6.74. The number of hydrogen-bond donors (Lipinski definition) is 1. The van der Waals surface area contributed by atoms with Gasteiger partial charge in [0, 0.05) is 12.5 Å². The molecule has 2 N–H and O–H groups in total. The van der Waals surface area contributed by atoms with Gasteiger partial charge >= 0.3 is 0 Å². The Bertz CT molecular complexity index is 589. The molecule has 1 unspecified atom stereocenters.